The fraction of sp³-hybridized carbons (Fsp3) is 0.409. The zero-order valence-electron chi connectivity index (χ0n) is 17.7. The lowest BCUT2D eigenvalue weighted by molar-refractivity contribution is -0.118. The SMILES string of the molecule is CC(=O)NCCNC(=O)c1nccc2nn(Cc3cnc(OC4CCC4)c(C)c3)cc12. The standard InChI is InChI=1S/C22H26N6O3/c1-14-10-16(11-26-22(14)31-17-4-3-5-17)12-28-13-18-19(27-28)6-7-24-20(18)21(30)25-9-8-23-15(2)29/h6-7,10-11,13,17H,3-5,8-9,12H2,1-2H3,(H,23,29)(H,25,30). The van der Waals surface area contributed by atoms with E-state index in [4.69, 9.17) is 4.74 Å². The number of amides is 2. The number of carbonyl (C=O) groups excluding carboxylic acids is 2. The number of nitrogens with zero attached hydrogens (tertiary/aromatic N) is 4. The lowest BCUT2D eigenvalue weighted by atomic mass is 9.96. The van der Waals surface area contributed by atoms with Gasteiger partial charge in [0, 0.05) is 44.2 Å². The molecule has 0 unspecified atom stereocenters. The maximum Gasteiger partial charge on any atom is 0.270 e. The molecule has 3 aromatic heterocycles. The van der Waals surface area contributed by atoms with E-state index in [1.54, 1.807) is 23.1 Å². The van der Waals surface area contributed by atoms with E-state index in [0.29, 0.717) is 48.2 Å². The molecule has 9 heteroatoms. The zero-order valence-corrected chi connectivity index (χ0v) is 17.7. The van der Waals surface area contributed by atoms with Crippen LogP contribution in [0.3, 0.4) is 0 Å². The summed E-state index contributed by atoms with van der Waals surface area (Å²) in [5.74, 6) is 0.259. The highest BCUT2D eigenvalue weighted by Gasteiger charge is 2.20. The van der Waals surface area contributed by atoms with Crippen molar-refractivity contribution in [1.82, 2.24) is 30.4 Å². The molecule has 0 bridgehead atoms. The molecule has 2 N–H and O–H groups in total. The van der Waals surface area contributed by atoms with Crippen molar-refractivity contribution in [2.45, 2.75) is 45.8 Å². The van der Waals surface area contributed by atoms with Crippen molar-refractivity contribution in [3.63, 3.8) is 0 Å². The summed E-state index contributed by atoms with van der Waals surface area (Å²) in [4.78, 5) is 32.2. The van der Waals surface area contributed by atoms with Crippen LogP contribution in [0.25, 0.3) is 10.9 Å². The number of rotatable bonds is 8. The molecule has 0 atom stereocenters. The van der Waals surface area contributed by atoms with Crippen LogP contribution in [0.5, 0.6) is 5.88 Å². The lowest BCUT2D eigenvalue weighted by Crippen LogP contribution is -2.34. The summed E-state index contributed by atoms with van der Waals surface area (Å²) in [5.41, 5.74) is 3.00. The highest BCUT2D eigenvalue weighted by molar-refractivity contribution is 6.04. The average Bonchev–Trinajstić information content (AvgIpc) is 3.11. The quantitative estimate of drug-likeness (QED) is 0.537. The van der Waals surface area contributed by atoms with Crippen molar-refractivity contribution in [2.24, 2.45) is 0 Å². The molecule has 1 aliphatic rings. The Morgan fingerprint density at radius 1 is 1.23 bits per heavy atom. The van der Waals surface area contributed by atoms with Gasteiger partial charge in [0.1, 0.15) is 11.8 Å². The molecular formula is C22H26N6O3. The van der Waals surface area contributed by atoms with Gasteiger partial charge in [0.05, 0.1) is 17.4 Å². The zero-order chi connectivity index (χ0) is 21.8. The number of aryl methyl sites for hydroxylation is 1. The maximum atomic E-state index is 12.5. The minimum absolute atomic E-state index is 0.136. The Morgan fingerprint density at radius 3 is 2.74 bits per heavy atom. The maximum absolute atomic E-state index is 12.5. The number of aromatic nitrogens is 4. The molecule has 1 aliphatic carbocycles. The Labute approximate surface area is 180 Å². The average molecular weight is 422 g/mol. The van der Waals surface area contributed by atoms with Crippen LogP contribution < -0.4 is 15.4 Å². The van der Waals surface area contributed by atoms with E-state index in [2.05, 4.69) is 31.8 Å². The van der Waals surface area contributed by atoms with Crippen LogP contribution in [0.2, 0.25) is 0 Å². The van der Waals surface area contributed by atoms with Gasteiger partial charge >= 0.3 is 0 Å². The van der Waals surface area contributed by atoms with Crippen molar-refractivity contribution in [3.8, 4) is 5.88 Å². The molecular weight excluding hydrogens is 396 g/mol. The van der Waals surface area contributed by atoms with Gasteiger partial charge in [-0.25, -0.2) is 4.98 Å². The van der Waals surface area contributed by atoms with E-state index in [1.807, 2.05) is 13.1 Å². The molecule has 1 fully saturated rings. The van der Waals surface area contributed by atoms with Crippen LogP contribution in [0.1, 0.15) is 47.8 Å². The van der Waals surface area contributed by atoms with E-state index >= 15 is 0 Å². The molecule has 2 amide bonds. The Kier molecular flexibility index (Phi) is 6.11. The normalized spacial score (nSPS) is 13.6. The third-order valence-electron chi connectivity index (χ3n) is 5.24. The summed E-state index contributed by atoms with van der Waals surface area (Å²) in [5, 5.41) is 10.7. The number of fused-ring (bicyclic) bond motifs is 1. The van der Waals surface area contributed by atoms with Crippen molar-refractivity contribution in [1.29, 1.82) is 0 Å². The third kappa shape index (κ3) is 4.99. The minimum atomic E-state index is -0.300. The van der Waals surface area contributed by atoms with Crippen molar-refractivity contribution in [2.75, 3.05) is 13.1 Å². The smallest absolute Gasteiger partial charge is 0.270 e. The van der Waals surface area contributed by atoms with E-state index in [9.17, 15) is 9.59 Å². The topological polar surface area (TPSA) is 111 Å². The van der Waals surface area contributed by atoms with Gasteiger partial charge in [-0.15, -0.1) is 0 Å². The molecule has 0 spiro atoms. The first kappa shape index (κ1) is 20.8. The Balaban J connectivity index is 1.45. The van der Waals surface area contributed by atoms with E-state index in [0.717, 1.165) is 24.0 Å². The summed E-state index contributed by atoms with van der Waals surface area (Å²) in [6, 6.07) is 3.83. The van der Waals surface area contributed by atoms with Gasteiger partial charge in [0.25, 0.3) is 5.91 Å². The van der Waals surface area contributed by atoms with E-state index in [-0.39, 0.29) is 11.8 Å². The molecule has 0 radical (unpaired) electrons. The van der Waals surface area contributed by atoms with Gasteiger partial charge in [0.2, 0.25) is 11.8 Å². The molecule has 3 aromatic rings. The molecule has 4 rings (SSSR count). The molecule has 31 heavy (non-hydrogen) atoms. The van der Waals surface area contributed by atoms with Crippen LogP contribution in [0.4, 0.5) is 0 Å². The van der Waals surface area contributed by atoms with Gasteiger partial charge in [-0.3, -0.25) is 19.3 Å². The Morgan fingerprint density at radius 2 is 2.03 bits per heavy atom. The van der Waals surface area contributed by atoms with Crippen LogP contribution >= 0.6 is 0 Å². The summed E-state index contributed by atoms with van der Waals surface area (Å²) in [6.45, 7) is 4.64. The minimum Gasteiger partial charge on any atom is -0.474 e. The number of hydrogen-bond acceptors (Lipinski definition) is 6. The number of ether oxygens (including phenoxy) is 1. The van der Waals surface area contributed by atoms with Gasteiger partial charge in [-0.05, 0) is 43.9 Å². The molecule has 9 nitrogen and oxygen atoms in total. The predicted molar refractivity (Wildman–Crippen MR) is 115 cm³/mol. The monoisotopic (exact) mass is 422 g/mol. The summed E-state index contributed by atoms with van der Waals surface area (Å²) in [6.07, 6.45) is 8.91. The molecule has 3 heterocycles. The van der Waals surface area contributed by atoms with Gasteiger partial charge in [-0.1, -0.05) is 0 Å². The van der Waals surface area contributed by atoms with Crippen molar-refractivity contribution in [3.05, 3.63) is 47.5 Å². The third-order valence-corrected chi connectivity index (χ3v) is 5.24. The molecule has 0 saturated heterocycles. The van der Waals surface area contributed by atoms with Crippen LogP contribution in [0, 0.1) is 6.92 Å². The summed E-state index contributed by atoms with van der Waals surface area (Å²) < 4.78 is 7.70. The summed E-state index contributed by atoms with van der Waals surface area (Å²) in [7, 11) is 0. The summed E-state index contributed by atoms with van der Waals surface area (Å²) >= 11 is 0. The Hall–Kier alpha value is -3.49. The van der Waals surface area contributed by atoms with Crippen LogP contribution in [-0.2, 0) is 11.3 Å². The second-order valence-electron chi connectivity index (χ2n) is 7.79. The second-order valence-corrected chi connectivity index (χ2v) is 7.79. The predicted octanol–water partition coefficient (Wildman–Crippen LogP) is 1.98. The van der Waals surface area contributed by atoms with Crippen molar-refractivity contribution < 1.29 is 14.3 Å². The number of hydrogen-bond donors (Lipinski definition) is 2. The fourth-order valence-electron chi connectivity index (χ4n) is 3.42. The van der Waals surface area contributed by atoms with Gasteiger partial charge in [-0.2, -0.15) is 5.10 Å². The molecule has 162 valence electrons. The molecule has 0 aromatic carbocycles. The lowest BCUT2D eigenvalue weighted by Gasteiger charge is -2.26. The van der Waals surface area contributed by atoms with Crippen LogP contribution in [-0.4, -0.2) is 50.8 Å². The largest absolute Gasteiger partial charge is 0.474 e. The number of carbonyl (C=O) groups is 2. The number of nitrogens with one attached hydrogen (secondary N) is 2. The first-order valence-electron chi connectivity index (χ1n) is 10.5. The number of pyridine rings is 2. The molecule has 0 aliphatic heterocycles. The second kappa shape index (κ2) is 9.11. The van der Waals surface area contributed by atoms with Crippen molar-refractivity contribution >= 4 is 22.7 Å². The van der Waals surface area contributed by atoms with Gasteiger partial charge < -0.3 is 15.4 Å². The first-order valence-corrected chi connectivity index (χ1v) is 10.5. The van der Waals surface area contributed by atoms with E-state index in [1.165, 1.54) is 13.3 Å². The van der Waals surface area contributed by atoms with E-state index < -0.39 is 0 Å². The fourth-order valence-corrected chi connectivity index (χ4v) is 3.42. The van der Waals surface area contributed by atoms with Crippen LogP contribution in [0.15, 0.2) is 30.7 Å². The highest BCUT2D eigenvalue weighted by atomic mass is 16.5. The molecule has 1 saturated carbocycles. The van der Waals surface area contributed by atoms with Gasteiger partial charge in [0.15, 0.2) is 0 Å². The first-order chi connectivity index (χ1) is 15.0. The Bertz CT molecular complexity index is 1110. The highest BCUT2D eigenvalue weighted by Crippen LogP contribution is 2.26.